The molecule has 2 N–H and O–H groups in total. The van der Waals surface area contributed by atoms with E-state index in [-0.39, 0.29) is 30.7 Å². The van der Waals surface area contributed by atoms with E-state index in [0.29, 0.717) is 19.5 Å². The van der Waals surface area contributed by atoms with E-state index in [9.17, 15) is 13.2 Å². The summed E-state index contributed by atoms with van der Waals surface area (Å²) in [7, 11) is -1.40. The van der Waals surface area contributed by atoms with Crippen molar-refractivity contribution in [2.24, 2.45) is 5.73 Å². The largest absolute Gasteiger partial charge is 0.342 e. The van der Waals surface area contributed by atoms with Gasteiger partial charge in [0.25, 0.3) is 0 Å². The molecule has 17 heavy (non-hydrogen) atoms. The van der Waals surface area contributed by atoms with E-state index >= 15 is 0 Å². The molecule has 0 aromatic rings. The molecule has 1 aliphatic rings. The van der Waals surface area contributed by atoms with Crippen LogP contribution in [0.3, 0.4) is 0 Å². The van der Waals surface area contributed by atoms with Gasteiger partial charge in [0.15, 0.2) is 0 Å². The van der Waals surface area contributed by atoms with Crippen LogP contribution in [-0.2, 0) is 14.8 Å². The maximum atomic E-state index is 11.8. The lowest BCUT2D eigenvalue weighted by molar-refractivity contribution is -0.131. The van der Waals surface area contributed by atoms with Crippen molar-refractivity contribution in [1.29, 1.82) is 0 Å². The summed E-state index contributed by atoms with van der Waals surface area (Å²) in [6.45, 7) is 3.09. The van der Waals surface area contributed by atoms with Crippen LogP contribution >= 0.6 is 0 Å². The van der Waals surface area contributed by atoms with Crippen LogP contribution in [0.2, 0.25) is 0 Å². The summed E-state index contributed by atoms with van der Waals surface area (Å²) in [6, 6.07) is -0.0160. The molecule has 0 saturated carbocycles. The predicted molar refractivity (Wildman–Crippen MR) is 65.9 cm³/mol. The van der Waals surface area contributed by atoms with Crippen molar-refractivity contribution >= 4 is 15.9 Å². The molecule has 0 spiro atoms. The number of nitrogens with zero attached hydrogens (tertiary/aromatic N) is 2. The molecular weight excluding hydrogens is 242 g/mol. The lowest BCUT2D eigenvalue weighted by atomic mass is 10.2. The smallest absolute Gasteiger partial charge is 0.223 e. The minimum atomic E-state index is -3.10. The summed E-state index contributed by atoms with van der Waals surface area (Å²) >= 11 is 0. The van der Waals surface area contributed by atoms with Gasteiger partial charge < -0.3 is 10.6 Å². The molecule has 100 valence electrons. The Labute approximate surface area is 103 Å². The molecule has 1 aliphatic heterocycles. The van der Waals surface area contributed by atoms with Crippen molar-refractivity contribution < 1.29 is 13.2 Å². The van der Waals surface area contributed by atoms with Crippen LogP contribution in [0.25, 0.3) is 0 Å². The number of hydrogen-bond donors (Lipinski definition) is 1. The highest BCUT2D eigenvalue weighted by Gasteiger charge is 2.28. The molecule has 1 fully saturated rings. The van der Waals surface area contributed by atoms with E-state index in [0.717, 1.165) is 0 Å². The zero-order valence-corrected chi connectivity index (χ0v) is 11.2. The molecule has 6 nitrogen and oxygen atoms in total. The second kappa shape index (κ2) is 5.79. The predicted octanol–water partition coefficient (Wildman–Crippen LogP) is -0.782. The SMILES string of the molecule is CC(CN)N(C)C(=O)CCN1CCCS1(=O)=O. The Bertz CT molecular complexity index is 369. The first-order chi connectivity index (χ1) is 7.88. The maximum Gasteiger partial charge on any atom is 0.223 e. The van der Waals surface area contributed by atoms with Gasteiger partial charge in [-0.3, -0.25) is 4.79 Å². The highest BCUT2D eigenvalue weighted by Crippen LogP contribution is 2.13. The minimum absolute atomic E-state index is 0.0160. The summed E-state index contributed by atoms with van der Waals surface area (Å²) < 4.78 is 24.4. The lowest BCUT2D eigenvalue weighted by Gasteiger charge is -2.24. The number of likely N-dealkylation sites (N-methyl/N-ethyl adjacent to an activating group) is 1. The first-order valence-electron chi connectivity index (χ1n) is 5.82. The fourth-order valence-corrected chi connectivity index (χ4v) is 3.27. The van der Waals surface area contributed by atoms with Crippen molar-refractivity contribution in [3.63, 3.8) is 0 Å². The second-order valence-electron chi connectivity index (χ2n) is 4.41. The van der Waals surface area contributed by atoms with Crippen molar-refractivity contribution in [2.75, 3.05) is 32.4 Å². The number of sulfonamides is 1. The van der Waals surface area contributed by atoms with Gasteiger partial charge >= 0.3 is 0 Å². The standard InChI is InChI=1S/C10H21N3O3S/c1-9(8-11)12(2)10(14)4-6-13-5-3-7-17(13,15)16/h9H,3-8,11H2,1-2H3. The van der Waals surface area contributed by atoms with Gasteiger partial charge in [0.1, 0.15) is 0 Å². The fraction of sp³-hybridized carbons (Fsp3) is 0.900. The first-order valence-corrected chi connectivity index (χ1v) is 7.43. The summed E-state index contributed by atoms with van der Waals surface area (Å²) in [5.41, 5.74) is 5.47. The van der Waals surface area contributed by atoms with E-state index in [1.165, 1.54) is 4.31 Å². The van der Waals surface area contributed by atoms with Crippen LogP contribution < -0.4 is 5.73 Å². The summed E-state index contributed by atoms with van der Waals surface area (Å²) in [6.07, 6.45) is 0.881. The van der Waals surface area contributed by atoms with Gasteiger partial charge in [-0.15, -0.1) is 0 Å². The Hall–Kier alpha value is -0.660. The van der Waals surface area contributed by atoms with Gasteiger partial charge in [0.05, 0.1) is 5.75 Å². The molecule has 1 unspecified atom stereocenters. The van der Waals surface area contributed by atoms with E-state index in [2.05, 4.69) is 0 Å². The Balaban J connectivity index is 2.43. The molecular formula is C10H21N3O3S. The number of carbonyl (C=O) groups excluding carboxylic acids is 1. The highest BCUT2D eigenvalue weighted by atomic mass is 32.2. The van der Waals surface area contributed by atoms with Crippen molar-refractivity contribution in [3.8, 4) is 0 Å². The van der Waals surface area contributed by atoms with Crippen LogP contribution in [-0.4, -0.2) is 62.0 Å². The van der Waals surface area contributed by atoms with Gasteiger partial charge in [0.2, 0.25) is 15.9 Å². The van der Waals surface area contributed by atoms with Gasteiger partial charge in [-0.05, 0) is 13.3 Å². The van der Waals surface area contributed by atoms with Crippen LogP contribution in [0.1, 0.15) is 19.8 Å². The maximum absolute atomic E-state index is 11.8. The van der Waals surface area contributed by atoms with Gasteiger partial charge in [-0.2, -0.15) is 0 Å². The first kappa shape index (κ1) is 14.4. The summed E-state index contributed by atoms with van der Waals surface area (Å²) in [5.74, 6) is 0.140. The Morgan fingerprint density at radius 2 is 2.18 bits per heavy atom. The lowest BCUT2D eigenvalue weighted by Crippen LogP contribution is -2.41. The van der Waals surface area contributed by atoms with Crippen LogP contribution in [0.15, 0.2) is 0 Å². The average molecular weight is 263 g/mol. The molecule has 7 heteroatoms. The Kier molecular flexibility index (Phi) is 4.91. The zero-order valence-electron chi connectivity index (χ0n) is 10.4. The van der Waals surface area contributed by atoms with Crippen LogP contribution in [0.5, 0.6) is 0 Å². The fourth-order valence-electron chi connectivity index (χ4n) is 1.74. The third kappa shape index (κ3) is 3.65. The van der Waals surface area contributed by atoms with E-state index in [1.54, 1.807) is 11.9 Å². The topological polar surface area (TPSA) is 83.7 Å². The molecule has 0 bridgehead atoms. The number of rotatable bonds is 5. The monoisotopic (exact) mass is 263 g/mol. The third-order valence-electron chi connectivity index (χ3n) is 3.17. The molecule has 0 radical (unpaired) electrons. The zero-order chi connectivity index (χ0) is 13.1. The van der Waals surface area contributed by atoms with Gasteiger partial charge in [0, 0.05) is 39.1 Å². The normalized spacial score (nSPS) is 21.4. The van der Waals surface area contributed by atoms with Crippen molar-refractivity contribution in [1.82, 2.24) is 9.21 Å². The molecule has 0 aromatic carbocycles. The summed E-state index contributed by atoms with van der Waals surface area (Å²) in [4.78, 5) is 13.3. The van der Waals surface area contributed by atoms with E-state index in [1.807, 2.05) is 6.92 Å². The van der Waals surface area contributed by atoms with Crippen molar-refractivity contribution in [2.45, 2.75) is 25.8 Å². The highest BCUT2D eigenvalue weighted by molar-refractivity contribution is 7.89. The number of nitrogens with two attached hydrogens (primary N) is 1. The summed E-state index contributed by atoms with van der Waals surface area (Å²) in [5, 5.41) is 0. The van der Waals surface area contributed by atoms with Gasteiger partial charge in [-0.1, -0.05) is 0 Å². The number of carbonyl (C=O) groups is 1. The van der Waals surface area contributed by atoms with Crippen LogP contribution in [0.4, 0.5) is 0 Å². The van der Waals surface area contributed by atoms with Gasteiger partial charge in [-0.25, -0.2) is 12.7 Å². The Morgan fingerprint density at radius 1 is 1.53 bits per heavy atom. The molecule has 1 amide bonds. The van der Waals surface area contributed by atoms with E-state index in [4.69, 9.17) is 5.73 Å². The average Bonchev–Trinajstić information content (AvgIpc) is 2.63. The second-order valence-corrected chi connectivity index (χ2v) is 6.50. The molecule has 1 saturated heterocycles. The third-order valence-corrected chi connectivity index (χ3v) is 5.13. The molecule has 1 atom stereocenters. The number of amides is 1. The molecule has 0 aliphatic carbocycles. The molecule has 1 heterocycles. The molecule has 0 aromatic heterocycles. The van der Waals surface area contributed by atoms with E-state index < -0.39 is 10.0 Å². The van der Waals surface area contributed by atoms with Crippen LogP contribution in [0, 0.1) is 0 Å². The van der Waals surface area contributed by atoms with Crippen molar-refractivity contribution in [3.05, 3.63) is 0 Å². The minimum Gasteiger partial charge on any atom is -0.342 e. The quantitative estimate of drug-likeness (QED) is 0.705. The Morgan fingerprint density at radius 3 is 2.65 bits per heavy atom. The molecule has 1 rings (SSSR count). The number of hydrogen-bond acceptors (Lipinski definition) is 4.